The number of carbonyl (C=O) groups excluding carboxylic acids is 4. The Hall–Kier alpha value is -4.79. The maximum absolute atomic E-state index is 13.5. The first-order chi connectivity index (χ1) is 23.0. The predicted molar refractivity (Wildman–Crippen MR) is 187 cm³/mol. The van der Waals surface area contributed by atoms with Crippen LogP contribution in [0.15, 0.2) is 69.4 Å². The number of aromatic nitrogens is 1. The Morgan fingerprint density at radius 2 is 1.62 bits per heavy atom. The van der Waals surface area contributed by atoms with Crippen LogP contribution >= 0.6 is 35.3 Å². The number of nitrogens with one attached hydrogen (secondary N) is 1. The van der Waals surface area contributed by atoms with Gasteiger partial charge in [-0.15, -0.1) is 11.3 Å². The first-order valence-electron chi connectivity index (χ1n) is 15.2. The van der Waals surface area contributed by atoms with E-state index in [1.54, 1.807) is 42.5 Å². The number of imide groups is 1. The number of hydrogen-bond donors (Lipinski definition) is 1. The Bertz CT molecular complexity index is 2100. The molecular weight excluding hydrogens is 671 g/mol. The van der Waals surface area contributed by atoms with Crippen LogP contribution in [0.3, 0.4) is 0 Å². The number of aryl methyl sites for hydroxylation is 2. The normalized spacial score (nSPS) is 20.5. The molecule has 4 aromatic rings. The minimum Gasteiger partial charge on any atom is -0.298 e. The van der Waals surface area contributed by atoms with E-state index < -0.39 is 16.7 Å². The van der Waals surface area contributed by atoms with Gasteiger partial charge in [-0.3, -0.25) is 44.4 Å². The summed E-state index contributed by atoms with van der Waals surface area (Å²) in [5.41, 5.74) is 3.32. The van der Waals surface area contributed by atoms with Gasteiger partial charge in [-0.2, -0.15) is 0 Å². The number of nitro benzene ring substituents is 1. The SMILES string of the molecule is Cc1cc(C)cc(N2C(=O)/C(=C/c3ccc(Sc4nc5ccc(N6C(=O)[C@H]7CCCC[C@@H]7C6=O)cc5s4)c([N+](=O)[O-])c3)C(=O)NC2=S)c1. The molecule has 0 radical (unpaired) electrons. The van der Waals surface area contributed by atoms with E-state index in [-0.39, 0.29) is 45.6 Å². The maximum atomic E-state index is 13.5. The summed E-state index contributed by atoms with van der Waals surface area (Å²) in [6, 6.07) is 15.2. The van der Waals surface area contributed by atoms with Crippen LogP contribution in [0.4, 0.5) is 17.1 Å². The molecule has 0 unspecified atom stereocenters. The molecule has 1 N–H and O–H groups in total. The molecule has 4 amide bonds. The molecule has 11 nitrogen and oxygen atoms in total. The smallest absolute Gasteiger partial charge is 0.283 e. The van der Waals surface area contributed by atoms with Crippen LogP contribution in [0, 0.1) is 35.8 Å². The van der Waals surface area contributed by atoms with Gasteiger partial charge in [-0.25, -0.2) is 4.98 Å². The molecule has 3 aromatic carbocycles. The van der Waals surface area contributed by atoms with E-state index in [0.29, 0.717) is 26.1 Å². The van der Waals surface area contributed by atoms with Crippen LogP contribution in [0.25, 0.3) is 16.3 Å². The molecule has 3 fully saturated rings. The van der Waals surface area contributed by atoms with Crippen molar-refractivity contribution in [2.75, 3.05) is 9.80 Å². The lowest BCUT2D eigenvalue weighted by Crippen LogP contribution is -2.54. The Kier molecular flexibility index (Phi) is 8.17. The van der Waals surface area contributed by atoms with Crippen molar-refractivity contribution in [3.05, 3.63) is 87.0 Å². The third kappa shape index (κ3) is 5.69. The van der Waals surface area contributed by atoms with Crippen molar-refractivity contribution in [1.82, 2.24) is 10.3 Å². The van der Waals surface area contributed by atoms with Gasteiger partial charge < -0.3 is 0 Å². The molecule has 1 aliphatic carbocycles. The number of rotatable bonds is 6. The van der Waals surface area contributed by atoms with Crippen molar-refractivity contribution in [1.29, 1.82) is 0 Å². The summed E-state index contributed by atoms with van der Waals surface area (Å²) in [6.07, 6.45) is 4.66. The van der Waals surface area contributed by atoms with Crippen LogP contribution in [-0.4, -0.2) is 38.6 Å². The van der Waals surface area contributed by atoms with Gasteiger partial charge >= 0.3 is 0 Å². The van der Waals surface area contributed by atoms with E-state index >= 15 is 0 Å². The highest BCUT2D eigenvalue weighted by Crippen LogP contribution is 2.43. The summed E-state index contributed by atoms with van der Waals surface area (Å²) in [5.74, 6) is -2.15. The molecule has 2 saturated heterocycles. The summed E-state index contributed by atoms with van der Waals surface area (Å²) in [7, 11) is 0. The van der Waals surface area contributed by atoms with Gasteiger partial charge in [0.1, 0.15) is 5.57 Å². The zero-order valence-corrected chi connectivity index (χ0v) is 28.2. The Labute approximate surface area is 288 Å². The molecule has 7 rings (SSSR count). The highest BCUT2D eigenvalue weighted by Gasteiger charge is 2.48. The minimum atomic E-state index is -0.698. The molecule has 3 heterocycles. The number of nitrogens with zero attached hydrogens (tertiary/aromatic N) is 4. The summed E-state index contributed by atoms with van der Waals surface area (Å²) in [5, 5.41) is 14.7. The molecule has 3 aliphatic rings. The number of nitro groups is 1. The number of carbonyl (C=O) groups is 4. The van der Waals surface area contributed by atoms with Crippen LogP contribution in [0.1, 0.15) is 42.4 Å². The molecule has 1 aromatic heterocycles. The molecule has 14 heteroatoms. The van der Waals surface area contributed by atoms with Gasteiger partial charge in [-0.05, 0) is 98.1 Å². The molecule has 2 atom stereocenters. The largest absolute Gasteiger partial charge is 0.298 e. The van der Waals surface area contributed by atoms with E-state index in [1.807, 2.05) is 19.9 Å². The first kappa shape index (κ1) is 31.8. The summed E-state index contributed by atoms with van der Waals surface area (Å²) in [4.78, 5) is 71.7. The first-order valence-corrected chi connectivity index (χ1v) is 17.3. The fourth-order valence-electron chi connectivity index (χ4n) is 6.58. The average molecular weight is 698 g/mol. The Morgan fingerprint density at radius 1 is 0.938 bits per heavy atom. The van der Waals surface area contributed by atoms with E-state index in [0.717, 1.165) is 53.3 Å². The van der Waals surface area contributed by atoms with Gasteiger partial charge in [0.05, 0.1) is 43.2 Å². The fourth-order valence-corrected chi connectivity index (χ4v) is 9.00. The molecule has 0 bridgehead atoms. The number of hydrogen-bond acceptors (Lipinski definition) is 10. The highest BCUT2D eigenvalue weighted by atomic mass is 32.2. The van der Waals surface area contributed by atoms with Gasteiger partial charge in [0.25, 0.3) is 17.5 Å². The third-order valence-electron chi connectivity index (χ3n) is 8.71. The zero-order valence-electron chi connectivity index (χ0n) is 25.7. The third-order valence-corrected chi connectivity index (χ3v) is 11.1. The molecule has 2 aliphatic heterocycles. The molecular formula is C34H27N5O6S3. The number of thiazole rings is 1. The second-order valence-electron chi connectivity index (χ2n) is 12.0. The number of anilines is 2. The Balaban J connectivity index is 1.15. The molecule has 0 spiro atoms. The quantitative estimate of drug-likeness (QED) is 0.0598. The predicted octanol–water partition coefficient (Wildman–Crippen LogP) is 6.48. The summed E-state index contributed by atoms with van der Waals surface area (Å²) in [6.45, 7) is 3.77. The summed E-state index contributed by atoms with van der Waals surface area (Å²) < 4.78 is 1.27. The topological polar surface area (TPSA) is 143 Å². The van der Waals surface area contributed by atoms with E-state index in [9.17, 15) is 29.3 Å². The summed E-state index contributed by atoms with van der Waals surface area (Å²) >= 11 is 7.71. The number of benzene rings is 3. The van der Waals surface area contributed by atoms with Crippen molar-refractivity contribution in [3.63, 3.8) is 0 Å². The minimum absolute atomic E-state index is 0.0514. The van der Waals surface area contributed by atoms with Crippen molar-refractivity contribution in [3.8, 4) is 0 Å². The van der Waals surface area contributed by atoms with Crippen LogP contribution in [0.5, 0.6) is 0 Å². The standard InChI is InChI=1S/C34H27N5O6S3/c1-17-11-18(2)13-21(12-17)38-32(43)24(29(40)36-33(38)46)14-19-7-10-27(26(15-19)39(44)45)47-34-35-25-9-8-20(16-28(25)48-34)37-30(41)22-5-3-4-6-23(22)31(37)42/h7-16,22-23H,3-6H2,1-2H3,(H,36,40,46)/b24-14+/t22-,23-/m0/s1. The lowest BCUT2D eigenvalue weighted by molar-refractivity contribution is -0.387. The van der Waals surface area contributed by atoms with Crippen LogP contribution in [0.2, 0.25) is 0 Å². The van der Waals surface area contributed by atoms with Gasteiger partial charge in [0, 0.05) is 6.07 Å². The van der Waals surface area contributed by atoms with Gasteiger partial charge in [0.2, 0.25) is 11.8 Å². The lowest BCUT2D eigenvalue weighted by atomic mass is 9.81. The van der Waals surface area contributed by atoms with Crippen molar-refractivity contribution in [2.45, 2.75) is 48.8 Å². The van der Waals surface area contributed by atoms with E-state index in [2.05, 4.69) is 10.3 Å². The number of amides is 4. The van der Waals surface area contributed by atoms with Crippen LogP contribution < -0.4 is 15.1 Å². The molecule has 48 heavy (non-hydrogen) atoms. The van der Waals surface area contributed by atoms with E-state index in [1.165, 1.54) is 33.3 Å². The van der Waals surface area contributed by atoms with Crippen molar-refractivity contribution >= 4 is 97.4 Å². The van der Waals surface area contributed by atoms with Crippen molar-refractivity contribution in [2.24, 2.45) is 11.8 Å². The van der Waals surface area contributed by atoms with Crippen molar-refractivity contribution < 1.29 is 24.1 Å². The van der Waals surface area contributed by atoms with Gasteiger partial charge in [0.15, 0.2) is 9.45 Å². The molecule has 242 valence electrons. The second-order valence-corrected chi connectivity index (χ2v) is 14.7. The maximum Gasteiger partial charge on any atom is 0.283 e. The van der Waals surface area contributed by atoms with E-state index in [4.69, 9.17) is 12.2 Å². The second kappa shape index (κ2) is 12.3. The average Bonchev–Trinajstić information content (AvgIpc) is 3.55. The Morgan fingerprint density at radius 3 is 2.29 bits per heavy atom. The zero-order chi connectivity index (χ0) is 33.9. The number of fused-ring (bicyclic) bond motifs is 2. The van der Waals surface area contributed by atoms with Gasteiger partial charge in [-0.1, -0.05) is 36.7 Å². The monoisotopic (exact) mass is 697 g/mol. The molecule has 1 saturated carbocycles. The fraction of sp³-hybridized carbons (Fsp3) is 0.235. The lowest BCUT2D eigenvalue weighted by Gasteiger charge is -2.29. The highest BCUT2D eigenvalue weighted by molar-refractivity contribution is 8.01. The number of thiocarbonyl (C=S) groups is 1. The van der Waals surface area contributed by atoms with Crippen LogP contribution in [-0.2, 0) is 19.2 Å².